The summed E-state index contributed by atoms with van der Waals surface area (Å²) in [6, 6.07) is 11.0. The standard InChI is InChI=1S/C22H22FN5O4S/c1-13(20(29)25-14-7-8-17-18(11-14)32-12-31-17)33-22-27-26-19(28(22)2)9-10-24-21(30)15-5-3-4-6-16(15)23/h3-8,11,13H,9-10,12H2,1-2H3,(H,24,30)(H,25,29)/t13-/m1/s1. The lowest BCUT2D eigenvalue weighted by molar-refractivity contribution is -0.115. The van der Waals surface area contributed by atoms with E-state index in [-0.39, 0.29) is 24.8 Å². The van der Waals surface area contributed by atoms with E-state index in [1.54, 1.807) is 42.8 Å². The first-order chi connectivity index (χ1) is 15.9. The fourth-order valence-electron chi connectivity index (χ4n) is 3.12. The Hall–Kier alpha value is -3.60. The van der Waals surface area contributed by atoms with Crippen LogP contribution in [-0.4, -0.2) is 45.2 Å². The largest absolute Gasteiger partial charge is 0.454 e. The van der Waals surface area contributed by atoms with Crippen LogP contribution in [0.3, 0.4) is 0 Å². The highest BCUT2D eigenvalue weighted by molar-refractivity contribution is 8.00. The van der Waals surface area contributed by atoms with Gasteiger partial charge in [-0.2, -0.15) is 0 Å². The summed E-state index contributed by atoms with van der Waals surface area (Å²) in [5.41, 5.74) is 0.606. The number of rotatable bonds is 8. The second-order valence-corrected chi connectivity index (χ2v) is 8.57. The van der Waals surface area contributed by atoms with Crippen LogP contribution >= 0.6 is 11.8 Å². The molecule has 2 heterocycles. The van der Waals surface area contributed by atoms with Crippen molar-refractivity contribution in [1.29, 1.82) is 0 Å². The molecule has 1 aliphatic heterocycles. The minimum absolute atomic E-state index is 0.00555. The van der Waals surface area contributed by atoms with E-state index in [1.807, 2.05) is 0 Å². The molecule has 0 saturated carbocycles. The molecule has 3 aromatic rings. The Labute approximate surface area is 193 Å². The maximum atomic E-state index is 13.7. The predicted molar refractivity (Wildman–Crippen MR) is 120 cm³/mol. The Morgan fingerprint density at radius 2 is 1.97 bits per heavy atom. The van der Waals surface area contributed by atoms with Gasteiger partial charge in [-0.25, -0.2) is 4.39 Å². The van der Waals surface area contributed by atoms with Crippen LogP contribution in [0, 0.1) is 5.82 Å². The number of hydrogen-bond acceptors (Lipinski definition) is 7. The molecule has 0 spiro atoms. The number of benzene rings is 2. The summed E-state index contributed by atoms with van der Waals surface area (Å²) < 4.78 is 26.1. The highest BCUT2D eigenvalue weighted by atomic mass is 32.2. The topological polar surface area (TPSA) is 107 Å². The van der Waals surface area contributed by atoms with E-state index in [0.29, 0.717) is 34.6 Å². The fourth-order valence-corrected chi connectivity index (χ4v) is 3.96. The molecule has 33 heavy (non-hydrogen) atoms. The highest BCUT2D eigenvalue weighted by Gasteiger charge is 2.20. The molecule has 9 nitrogen and oxygen atoms in total. The maximum absolute atomic E-state index is 13.7. The van der Waals surface area contributed by atoms with Gasteiger partial charge in [0.15, 0.2) is 16.7 Å². The minimum Gasteiger partial charge on any atom is -0.454 e. The molecule has 172 valence electrons. The number of amides is 2. The van der Waals surface area contributed by atoms with Crippen LogP contribution < -0.4 is 20.1 Å². The average molecular weight is 472 g/mol. The van der Waals surface area contributed by atoms with Gasteiger partial charge in [0, 0.05) is 31.8 Å². The highest BCUT2D eigenvalue weighted by Crippen LogP contribution is 2.34. The predicted octanol–water partition coefficient (Wildman–Crippen LogP) is 2.77. The first-order valence-electron chi connectivity index (χ1n) is 10.2. The lowest BCUT2D eigenvalue weighted by Gasteiger charge is -2.12. The number of halogens is 1. The smallest absolute Gasteiger partial charge is 0.254 e. The third-order valence-corrected chi connectivity index (χ3v) is 6.10. The van der Waals surface area contributed by atoms with Crippen molar-refractivity contribution in [2.45, 2.75) is 23.8 Å². The van der Waals surface area contributed by atoms with Gasteiger partial charge in [-0.1, -0.05) is 23.9 Å². The van der Waals surface area contributed by atoms with E-state index in [9.17, 15) is 14.0 Å². The zero-order valence-electron chi connectivity index (χ0n) is 18.0. The molecule has 2 N–H and O–H groups in total. The van der Waals surface area contributed by atoms with Crippen LogP contribution in [0.5, 0.6) is 11.5 Å². The second-order valence-electron chi connectivity index (χ2n) is 7.26. The molecule has 0 unspecified atom stereocenters. The number of nitrogens with one attached hydrogen (secondary N) is 2. The molecule has 0 bridgehead atoms. The summed E-state index contributed by atoms with van der Waals surface area (Å²) >= 11 is 1.27. The molecule has 0 saturated heterocycles. The molecular formula is C22H22FN5O4S. The van der Waals surface area contributed by atoms with Gasteiger partial charge in [0.2, 0.25) is 12.7 Å². The fraction of sp³-hybridized carbons (Fsp3) is 0.273. The van der Waals surface area contributed by atoms with Crippen LogP contribution in [0.25, 0.3) is 0 Å². The Kier molecular flexibility index (Phi) is 6.78. The minimum atomic E-state index is -0.569. The van der Waals surface area contributed by atoms with Crippen molar-refractivity contribution in [3.05, 3.63) is 59.7 Å². The number of ether oxygens (including phenoxy) is 2. The van der Waals surface area contributed by atoms with Crippen molar-refractivity contribution in [2.24, 2.45) is 7.05 Å². The van der Waals surface area contributed by atoms with Crippen molar-refractivity contribution in [2.75, 3.05) is 18.7 Å². The monoisotopic (exact) mass is 471 g/mol. The molecule has 11 heteroatoms. The summed E-state index contributed by atoms with van der Waals surface area (Å²) in [5, 5.41) is 14.0. The van der Waals surface area contributed by atoms with Crippen LogP contribution in [0.4, 0.5) is 10.1 Å². The first kappa shape index (κ1) is 22.6. The van der Waals surface area contributed by atoms with Crippen molar-refractivity contribution >= 4 is 29.3 Å². The van der Waals surface area contributed by atoms with Crippen molar-refractivity contribution in [1.82, 2.24) is 20.1 Å². The van der Waals surface area contributed by atoms with Crippen LogP contribution in [0.2, 0.25) is 0 Å². The zero-order chi connectivity index (χ0) is 23.4. The van der Waals surface area contributed by atoms with E-state index in [4.69, 9.17) is 9.47 Å². The Balaban J connectivity index is 1.29. The third-order valence-electron chi connectivity index (χ3n) is 4.97. The normalized spacial score (nSPS) is 12.9. The molecule has 2 amide bonds. The average Bonchev–Trinajstić information content (AvgIpc) is 3.40. The molecule has 1 aromatic heterocycles. The van der Waals surface area contributed by atoms with Crippen LogP contribution in [0.1, 0.15) is 23.1 Å². The summed E-state index contributed by atoms with van der Waals surface area (Å²) in [7, 11) is 1.79. The van der Waals surface area contributed by atoms with Gasteiger partial charge >= 0.3 is 0 Å². The van der Waals surface area contributed by atoms with E-state index in [1.165, 1.54) is 30.0 Å². The lowest BCUT2D eigenvalue weighted by atomic mass is 10.2. The first-order valence-corrected chi connectivity index (χ1v) is 11.1. The van der Waals surface area contributed by atoms with E-state index >= 15 is 0 Å². The number of aromatic nitrogens is 3. The van der Waals surface area contributed by atoms with Crippen molar-refractivity contribution in [3.63, 3.8) is 0 Å². The Bertz CT molecular complexity index is 1190. The molecule has 1 aliphatic rings. The molecular weight excluding hydrogens is 449 g/mol. The molecule has 0 fully saturated rings. The van der Waals surface area contributed by atoms with Gasteiger partial charge in [0.05, 0.1) is 10.8 Å². The van der Waals surface area contributed by atoms with E-state index in [2.05, 4.69) is 20.8 Å². The summed E-state index contributed by atoms with van der Waals surface area (Å²) in [5.74, 6) is 0.620. The van der Waals surface area contributed by atoms with Gasteiger partial charge in [0.1, 0.15) is 11.6 Å². The van der Waals surface area contributed by atoms with Gasteiger partial charge < -0.3 is 24.7 Å². The van der Waals surface area contributed by atoms with E-state index in [0.717, 1.165) is 0 Å². The van der Waals surface area contributed by atoms with Gasteiger partial charge in [-0.3, -0.25) is 9.59 Å². The number of nitrogens with zero attached hydrogens (tertiary/aromatic N) is 3. The zero-order valence-corrected chi connectivity index (χ0v) is 18.8. The molecule has 4 rings (SSSR count). The SMILES string of the molecule is C[C@@H](Sc1nnc(CCNC(=O)c2ccccc2F)n1C)C(=O)Nc1ccc2c(c1)OCO2. The summed E-state index contributed by atoms with van der Waals surface area (Å²) in [4.78, 5) is 24.7. The summed E-state index contributed by atoms with van der Waals surface area (Å²) in [6.45, 7) is 2.21. The molecule has 0 aliphatic carbocycles. The molecule has 2 aromatic carbocycles. The number of thioether (sulfide) groups is 1. The second kappa shape index (κ2) is 9.90. The summed E-state index contributed by atoms with van der Waals surface area (Å²) in [6.07, 6.45) is 0.405. The lowest BCUT2D eigenvalue weighted by Crippen LogP contribution is -2.27. The van der Waals surface area contributed by atoms with Gasteiger partial charge in [0.25, 0.3) is 5.91 Å². The van der Waals surface area contributed by atoms with Crippen LogP contribution in [0.15, 0.2) is 47.6 Å². The number of anilines is 1. The quantitative estimate of drug-likeness (QED) is 0.487. The number of carbonyl (C=O) groups excluding carboxylic acids is 2. The number of carbonyl (C=O) groups is 2. The number of fused-ring (bicyclic) bond motifs is 1. The number of hydrogen-bond donors (Lipinski definition) is 2. The van der Waals surface area contributed by atoms with Crippen molar-refractivity contribution < 1.29 is 23.5 Å². The van der Waals surface area contributed by atoms with E-state index < -0.39 is 17.0 Å². The van der Waals surface area contributed by atoms with Crippen molar-refractivity contribution in [3.8, 4) is 11.5 Å². The Morgan fingerprint density at radius 3 is 2.79 bits per heavy atom. The molecule has 0 radical (unpaired) electrons. The molecule has 1 atom stereocenters. The Morgan fingerprint density at radius 1 is 1.18 bits per heavy atom. The maximum Gasteiger partial charge on any atom is 0.254 e. The van der Waals surface area contributed by atoms with Crippen LogP contribution in [-0.2, 0) is 18.3 Å². The third kappa shape index (κ3) is 5.25. The van der Waals surface area contributed by atoms with Gasteiger partial charge in [-0.05, 0) is 31.2 Å². The van der Waals surface area contributed by atoms with Gasteiger partial charge in [-0.15, -0.1) is 10.2 Å².